The Kier molecular flexibility index (Phi) is 6.82. The highest BCUT2D eigenvalue weighted by Gasteiger charge is 2.24. The number of ether oxygens (including phenoxy) is 2. The van der Waals surface area contributed by atoms with Crippen LogP contribution in [0.5, 0.6) is 5.75 Å². The number of carbonyl (C=O) groups excluding carboxylic acids is 2. The molecule has 2 aromatic carbocycles. The fourth-order valence-electron chi connectivity index (χ4n) is 2.12. The van der Waals surface area contributed by atoms with E-state index in [1.54, 1.807) is 0 Å². The van der Waals surface area contributed by atoms with Gasteiger partial charge in [0.25, 0.3) is 5.91 Å². The van der Waals surface area contributed by atoms with Crippen molar-refractivity contribution in [2.45, 2.75) is 24.5 Å². The van der Waals surface area contributed by atoms with Gasteiger partial charge in [-0.3, -0.25) is 4.79 Å². The zero-order chi connectivity index (χ0) is 21.8. The Bertz CT molecular complexity index is 1030. The number of hydrogen-bond acceptors (Lipinski definition) is 6. The summed E-state index contributed by atoms with van der Waals surface area (Å²) in [5, 5.41) is 7.17. The second-order valence-electron chi connectivity index (χ2n) is 5.60. The summed E-state index contributed by atoms with van der Waals surface area (Å²) < 4.78 is 70.5. The number of nitrogens with two attached hydrogens (primary N) is 1. The van der Waals surface area contributed by atoms with Gasteiger partial charge in [-0.05, 0) is 37.3 Å². The maximum atomic E-state index is 13.9. The summed E-state index contributed by atoms with van der Waals surface area (Å²) >= 11 is 0. The summed E-state index contributed by atoms with van der Waals surface area (Å²) in [4.78, 5) is 23.8. The zero-order valence-corrected chi connectivity index (χ0v) is 15.6. The second-order valence-corrected chi connectivity index (χ2v) is 7.16. The van der Waals surface area contributed by atoms with Crippen LogP contribution in [0.2, 0.25) is 0 Å². The van der Waals surface area contributed by atoms with E-state index in [2.05, 4.69) is 10.1 Å². The quantitative estimate of drug-likeness (QED) is 0.647. The zero-order valence-electron chi connectivity index (χ0n) is 14.8. The minimum Gasteiger partial charge on any atom is -0.449 e. The van der Waals surface area contributed by atoms with Crippen LogP contribution in [0.1, 0.15) is 17.3 Å². The molecule has 12 heteroatoms. The summed E-state index contributed by atoms with van der Waals surface area (Å²) in [7, 11) is -4.20. The number of sulfonamides is 1. The average Bonchev–Trinajstić information content (AvgIpc) is 2.62. The fraction of sp³-hybridized carbons (Fsp3) is 0.176. The first-order valence-corrected chi connectivity index (χ1v) is 9.41. The number of halogens is 3. The molecule has 1 unspecified atom stereocenters. The average molecular weight is 432 g/mol. The molecule has 0 fully saturated rings. The van der Waals surface area contributed by atoms with Crippen molar-refractivity contribution in [3.8, 4) is 5.75 Å². The lowest BCUT2D eigenvalue weighted by molar-refractivity contribution is -0.123. The summed E-state index contributed by atoms with van der Waals surface area (Å²) in [6, 6.07) is 7.54. The highest BCUT2D eigenvalue weighted by molar-refractivity contribution is 7.89. The number of benzene rings is 2. The van der Waals surface area contributed by atoms with Crippen molar-refractivity contribution < 1.29 is 40.7 Å². The van der Waals surface area contributed by atoms with Gasteiger partial charge in [0.05, 0.1) is 16.1 Å². The lowest BCUT2D eigenvalue weighted by Gasteiger charge is -2.16. The Morgan fingerprint density at radius 2 is 1.79 bits per heavy atom. The van der Waals surface area contributed by atoms with E-state index in [9.17, 15) is 31.2 Å². The molecule has 0 bridgehead atoms. The number of nitrogens with one attached hydrogen (secondary N) is 1. The van der Waals surface area contributed by atoms with Crippen LogP contribution in [0.3, 0.4) is 0 Å². The van der Waals surface area contributed by atoms with Crippen LogP contribution in [-0.4, -0.2) is 33.0 Å². The number of alkyl halides is 2. The molecule has 1 atom stereocenters. The smallest absolute Gasteiger partial charge is 0.387 e. The van der Waals surface area contributed by atoms with Crippen molar-refractivity contribution in [3.63, 3.8) is 0 Å². The van der Waals surface area contributed by atoms with E-state index < -0.39 is 50.9 Å². The first-order valence-electron chi connectivity index (χ1n) is 7.87. The van der Waals surface area contributed by atoms with Gasteiger partial charge in [-0.15, -0.1) is 0 Å². The minimum atomic E-state index is -4.20. The lowest BCUT2D eigenvalue weighted by Crippen LogP contribution is -2.30. The molecular weight excluding hydrogens is 417 g/mol. The van der Waals surface area contributed by atoms with Crippen LogP contribution >= 0.6 is 0 Å². The Labute approximate surface area is 163 Å². The van der Waals surface area contributed by atoms with Crippen LogP contribution < -0.4 is 15.2 Å². The van der Waals surface area contributed by atoms with Gasteiger partial charge in [-0.2, -0.15) is 8.78 Å². The summed E-state index contributed by atoms with van der Waals surface area (Å²) in [5.74, 6) is -3.66. The van der Waals surface area contributed by atoms with Crippen molar-refractivity contribution >= 4 is 27.6 Å². The van der Waals surface area contributed by atoms with Crippen LogP contribution in [0.15, 0.2) is 47.4 Å². The van der Waals surface area contributed by atoms with Gasteiger partial charge >= 0.3 is 12.6 Å². The SMILES string of the molecule is CC(OC(=O)c1cc(S(N)(=O)=O)ccc1F)C(=O)Nc1ccccc1OC(F)F. The highest BCUT2D eigenvalue weighted by Crippen LogP contribution is 2.26. The fourth-order valence-corrected chi connectivity index (χ4v) is 2.66. The largest absolute Gasteiger partial charge is 0.449 e. The molecular formula is C17H15F3N2O6S. The maximum absolute atomic E-state index is 13.9. The molecule has 0 aliphatic carbocycles. The predicted molar refractivity (Wildman–Crippen MR) is 94.4 cm³/mol. The van der Waals surface area contributed by atoms with E-state index in [0.717, 1.165) is 13.0 Å². The van der Waals surface area contributed by atoms with Crippen molar-refractivity contribution in [2.24, 2.45) is 5.14 Å². The third-order valence-corrected chi connectivity index (χ3v) is 4.41. The normalized spacial score (nSPS) is 12.3. The van der Waals surface area contributed by atoms with Gasteiger partial charge < -0.3 is 14.8 Å². The number of rotatable bonds is 7. The van der Waals surface area contributed by atoms with Gasteiger partial charge in [0.15, 0.2) is 6.10 Å². The van der Waals surface area contributed by atoms with Crippen LogP contribution in [0, 0.1) is 5.82 Å². The first-order chi connectivity index (χ1) is 13.5. The Balaban J connectivity index is 2.14. The van der Waals surface area contributed by atoms with Gasteiger partial charge in [-0.1, -0.05) is 12.1 Å². The molecule has 29 heavy (non-hydrogen) atoms. The minimum absolute atomic E-state index is 0.108. The molecule has 0 heterocycles. The molecule has 2 aromatic rings. The number of esters is 1. The summed E-state index contributed by atoms with van der Waals surface area (Å²) in [6.45, 7) is -1.98. The number of anilines is 1. The Morgan fingerprint density at radius 3 is 2.41 bits per heavy atom. The van der Waals surface area contributed by atoms with E-state index in [1.807, 2.05) is 0 Å². The van der Waals surface area contributed by atoms with Crippen LogP contribution in [-0.2, 0) is 19.6 Å². The van der Waals surface area contributed by atoms with Crippen molar-refractivity contribution in [2.75, 3.05) is 5.32 Å². The molecule has 0 aliphatic rings. The van der Waals surface area contributed by atoms with Gasteiger partial charge in [0, 0.05) is 0 Å². The maximum Gasteiger partial charge on any atom is 0.387 e. The van der Waals surface area contributed by atoms with E-state index >= 15 is 0 Å². The van der Waals surface area contributed by atoms with Crippen molar-refractivity contribution in [1.82, 2.24) is 0 Å². The summed E-state index contributed by atoms with van der Waals surface area (Å²) in [5.41, 5.74) is -0.860. The van der Waals surface area contributed by atoms with Crippen molar-refractivity contribution in [3.05, 3.63) is 53.8 Å². The third kappa shape index (κ3) is 5.93. The van der Waals surface area contributed by atoms with Gasteiger partial charge in [0.2, 0.25) is 10.0 Å². The monoisotopic (exact) mass is 432 g/mol. The molecule has 2 rings (SSSR count). The Hall–Kier alpha value is -3.12. The van der Waals surface area contributed by atoms with Crippen LogP contribution in [0.25, 0.3) is 0 Å². The molecule has 156 valence electrons. The molecule has 0 radical (unpaired) electrons. The number of primary sulfonamides is 1. The van der Waals surface area contributed by atoms with E-state index in [1.165, 1.54) is 24.3 Å². The number of amides is 1. The standard InChI is InChI=1S/C17H15F3N2O6S/c1-9(15(23)22-13-4-2-3-5-14(13)28-17(19)20)27-16(24)11-8-10(29(21,25)26)6-7-12(11)18/h2-9,17H,1H3,(H,22,23)(H2,21,25,26). The third-order valence-electron chi connectivity index (χ3n) is 3.50. The second kappa shape index (κ2) is 8.92. The molecule has 0 saturated heterocycles. The molecule has 0 aromatic heterocycles. The van der Waals surface area contributed by atoms with E-state index in [0.29, 0.717) is 12.1 Å². The molecule has 0 spiro atoms. The lowest BCUT2D eigenvalue weighted by atomic mass is 10.2. The van der Waals surface area contributed by atoms with E-state index in [4.69, 9.17) is 9.88 Å². The Morgan fingerprint density at radius 1 is 1.14 bits per heavy atom. The molecule has 0 aliphatic heterocycles. The van der Waals surface area contributed by atoms with Crippen molar-refractivity contribution in [1.29, 1.82) is 0 Å². The van der Waals surface area contributed by atoms with E-state index in [-0.39, 0.29) is 11.4 Å². The number of para-hydroxylation sites is 2. The topological polar surface area (TPSA) is 125 Å². The number of hydrogen-bond donors (Lipinski definition) is 2. The predicted octanol–water partition coefficient (Wildman–Crippen LogP) is 2.26. The number of carbonyl (C=O) groups is 2. The molecule has 0 saturated carbocycles. The summed E-state index contributed by atoms with van der Waals surface area (Å²) in [6.07, 6.45) is -1.49. The molecule has 1 amide bonds. The molecule has 3 N–H and O–H groups in total. The first kappa shape index (κ1) is 22.2. The highest BCUT2D eigenvalue weighted by atomic mass is 32.2. The van der Waals surface area contributed by atoms with Crippen LogP contribution in [0.4, 0.5) is 18.9 Å². The van der Waals surface area contributed by atoms with Gasteiger partial charge in [-0.25, -0.2) is 22.7 Å². The molecule has 8 nitrogen and oxygen atoms in total. The van der Waals surface area contributed by atoms with Gasteiger partial charge in [0.1, 0.15) is 11.6 Å².